The zero-order valence-electron chi connectivity index (χ0n) is 21.6. The van der Waals surface area contributed by atoms with Crippen LogP contribution in [0, 0.1) is 11.6 Å². The molecule has 0 aliphatic carbocycles. The van der Waals surface area contributed by atoms with E-state index in [2.05, 4.69) is 0 Å². The minimum atomic E-state index is -0.283. The van der Waals surface area contributed by atoms with Crippen LogP contribution < -0.4 is 9.47 Å². The summed E-state index contributed by atoms with van der Waals surface area (Å²) in [5.74, 6) is -0.162. The fourth-order valence-corrected chi connectivity index (χ4v) is 4.15. The van der Waals surface area contributed by atoms with Crippen molar-refractivity contribution in [3.8, 4) is 33.8 Å². The summed E-state index contributed by atoms with van der Waals surface area (Å²) in [7, 11) is 0. The van der Waals surface area contributed by atoms with Gasteiger partial charge in [0.2, 0.25) is 0 Å². The second kappa shape index (κ2) is 14.0. The first kappa shape index (κ1) is 27.7. The van der Waals surface area contributed by atoms with Gasteiger partial charge in [0, 0.05) is 12.8 Å². The van der Waals surface area contributed by atoms with Crippen LogP contribution in [0.2, 0.25) is 0 Å². The molecule has 4 rings (SSSR count). The molecule has 6 heteroatoms. The Hall–Kier alpha value is -4.32. The van der Waals surface area contributed by atoms with Crippen LogP contribution >= 0.6 is 0 Å². The van der Waals surface area contributed by atoms with Gasteiger partial charge in [-0.3, -0.25) is 9.59 Å². The lowest BCUT2D eigenvalue weighted by Crippen LogP contribution is -2.08. The highest BCUT2D eigenvalue weighted by Gasteiger charge is 2.08. The lowest BCUT2D eigenvalue weighted by molar-refractivity contribution is -0.135. The Morgan fingerprint density at radius 1 is 0.436 bits per heavy atom. The maximum atomic E-state index is 13.1. The standard InChI is InChI=1S/C33H30F2O4/c34-28-16-8-24(9-17-28)26-12-20-30(21-13-26)38-32(36)6-4-2-1-3-5-7-33(37)39-31-22-14-27(15-23-31)25-10-18-29(35)19-11-25/h8-23H,1-7H2. The van der Waals surface area contributed by atoms with E-state index in [9.17, 15) is 18.4 Å². The summed E-state index contributed by atoms with van der Waals surface area (Å²) >= 11 is 0. The highest BCUT2D eigenvalue weighted by atomic mass is 19.1. The van der Waals surface area contributed by atoms with Crippen LogP contribution in [0.4, 0.5) is 8.78 Å². The summed E-state index contributed by atoms with van der Waals surface area (Å²) in [5.41, 5.74) is 3.61. The van der Waals surface area contributed by atoms with Gasteiger partial charge >= 0.3 is 11.9 Å². The molecule has 0 saturated carbocycles. The van der Waals surface area contributed by atoms with Gasteiger partial charge in [-0.2, -0.15) is 0 Å². The largest absolute Gasteiger partial charge is 0.427 e. The Bertz CT molecular complexity index is 1240. The molecule has 4 aromatic rings. The van der Waals surface area contributed by atoms with E-state index in [1.165, 1.54) is 24.3 Å². The molecule has 0 unspecified atom stereocenters. The summed E-state index contributed by atoms with van der Waals surface area (Å²) < 4.78 is 37.0. The summed E-state index contributed by atoms with van der Waals surface area (Å²) in [6.45, 7) is 0. The highest BCUT2D eigenvalue weighted by molar-refractivity contribution is 5.73. The lowest BCUT2D eigenvalue weighted by atomic mass is 10.1. The number of unbranched alkanes of at least 4 members (excludes halogenated alkanes) is 4. The molecule has 0 fully saturated rings. The van der Waals surface area contributed by atoms with Crippen LogP contribution in [0.15, 0.2) is 97.1 Å². The molecule has 0 aliphatic heterocycles. The van der Waals surface area contributed by atoms with E-state index in [4.69, 9.17) is 9.47 Å². The summed E-state index contributed by atoms with van der Waals surface area (Å²) in [5, 5.41) is 0. The summed E-state index contributed by atoms with van der Waals surface area (Å²) in [4.78, 5) is 24.3. The monoisotopic (exact) mass is 528 g/mol. The molecule has 0 spiro atoms. The average Bonchev–Trinajstić information content (AvgIpc) is 2.94. The van der Waals surface area contributed by atoms with Crippen molar-refractivity contribution in [1.29, 1.82) is 0 Å². The third kappa shape index (κ3) is 8.88. The van der Waals surface area contributed by atoms with Crippen molar-refractivity contribution >= 4 is 11.9 Å². The van der Waals surface area contributed by atoms with Crippen LogP contribution in [-0.2, 0) is 9.59 Å². The Labute approximate surface area is 227 Å². The SMILES string of the molecule is O=C(CCCCCCCC(=O)Oc1ccc(-c2ccc(F)cc2)cc1)Oc1ccc(-c2ccc(F)cc2)cc1. The maximum Gasteiger partial charge on any atom is 0.311 e. The molecule has 0 radical (unpaired) electrons. The molecular weight excluding hydrogens is 498 g/mol. The van der Waals surface area contributed by atoms with E-state index >= 15 is 0 Å². The molecule has 200 valence electrons. The maximum absolute atomic E-state index is 13.1. The molecule has 4 aromatic carbocycles. The average molecular weight is 529 g/mol. The smallest absolute Gasteiger partial charge is 0.311 e. The van der Waals surface area contributed by atoms with Gasteiger partial charge in [0.1, 0.15) is 23.1 Å². The minimum Gasteiger partial charge on any atom is -0.427 e. The second-order valence-electron chi connectivity index (χ2n) is 9.28. The van der Waals surface area contributed by atoms with Gasteiger partial charge in [0.25, 0.3) is 0 Å². The van der Waals surface area contributed by atoms with Crippen LogP contribution in [0.1, 0.15) is 44.9 Å². The molecule has 0 N–H and O–H groups in total. The number of benzene rings is 4. The number of hydrogen-bond donors (Lipinski definition) is 0. The third-order valence-electron chi connectivity index (χ3n) is 6.29. The second-order valence-corrected chi connectivity index (χ2v) is 9.28. The van der Waals surface area contributed by atoms with Gasteiger partial charge in [0.05, 0.1) is 0 Å². The minimum absolute atomic E-state index is 0.279. The number of carbonyl (C=O) groups is 2. The van der Waals surface area contributed by atoms with Crippen molar-refractivity contribution < 1.29 is 27.8 Å². The summed E-state index contributed by atoms with van der Waals surface area (Å²) in [6, 6.07) is 26.7. The van der Waals surface area contributed by atoms with Gasteiger partial charge in [-0.25, -0.2) is 8.78 Å². The number of halogens is 2. The van der Waals surface area contributed by atoms with Gasteiger partial charge in [0.15, 0.2) is 0 Å². The first-order valence-corrected chi connectivity index (χ1v) is 13.1. The van der Waals surface area contributed by atoms with E-state index in [1.807, 2.05) is 24.3 Å². The van der Waals surface area contributed by atoms with Crippen molar-refractivity contribution in [1.82, 2.24) is 0 Å². The van der Waals surface area contributed by atoms with Crippen LogP contribution in [0.25, 0.3) is 22.3 Å². The van der Waals surface area contributed by atoms with Gasteiger partial charge in [-0.05, 0) is 83.6 Å². The van der Waals surface area contributed by atoms with Crippen LogP contribution in [-0.4, -0.2) is 11.9 Å². The molecule has 0 heterocycles. The predicted octanol–water partition coefficient (Wildman–Crippen LogP) is 8.54. The Kier molecular flexibility index (Phi) is 9.95. The van der Waals surface area contributed by atoms with E-state index in [1.54, 1.807) is 48.5 Å². The third-order valence-corrected chi connectivity index (χ3v) is 6.29. The molecular formula is C33H30F2O4. The number of ether oxygens (including phenoxy) is 2. The predicted molar refractivity (Wildman–Crippen MR) is 147 cm³/mol. The first-order valence-electron chi connectivity index (χ1n) is 13.1. The Morgan fingerprint density at radius 2 is 0.718 bits per heavy atom. The number of esters is 2. The number of rotatable bonds is 12. The fourth-order valence-electron chi connectivity index (χ4n) is 4.15. The highest BCUT2D eigenvalue weighted by Crippen LogP contribution is 2.24. The molecule has 0 bridgehead atoms. The Balaban J connectivity index is 1.06. The van der Waals surface area contributed by atoms with Crippen molar-refractivity contribution in [3.05, 3.63) is 109 Å². The van der Waals surface area contributed by atoms with Crippen LogP contribution in [0.5, 0.6) is 11.5 Å². The molecule has 0 saturated heterocycles. The molecule has 0 atom stereocenters. The first-order chi connectivity index (χ1) is 19.0. The zero-order chi connectivity index (χ0) is 27.5. The van der Waals surface area contributed by atoms with Gasteiger partial charge in [-0.15, -0.1) is 0 Å². The topological polar surface area (TPSA) is 52.6 Å². The van der Waals surface area contributed by atoms with Crippen molar-refractivity contribution in [2.75, 3.05) is 0 Å². The normalized spacial score (nSPS) is 10.7. The van der Waals surface area contributed by atoms with Crippen molar-refractivity contribution in [2.24, 2.45) is 0 Å². The zero-order valence-corrected chi connectivity index (χ0v) is 21.6. The quantitative estimate of drug-likeness (QED) is 0.105. The molecule has 0 aliphatic rings. The summed E-state index contributed by atoms with van der Waals surface area (Å²) in [6.07, 6.45) is 4.76. The van der Waals surface area contributed by atoms with E-state index in [0.29, 0.717) is 24.3 Å². The lowest BCUT2D eigenvalue weighted by Gasteiger charge is -2.07. The van der Waals surface area contributed by atoms with Crippen LogP contribution in [0.3, 0.4) is 0 Å². The van der Waals surface area contributed by atoms with E-state index < -0.39 is 0 Å². The van der Waals surface area contributed by atoms with E-state index in [0.717, 1.165) is 54.4 Å². The fraction of sp³-hybridized carbons (Fsp3) is 0.212. The molecule has 0 aromatic heterocycles. The van der Waals surface area contributed by atoms with Crippen molar-refractivity contribution in [3.63, 3.8) is 0 Å². The van der Waals surface area contributed by atoms with Crippen molar-refractivity contribution in [2.45, 2.75) is 44.9 Å². The number of carbonyl (C=O) groups excluding carboxylic acids is 2. The van der Waals surface area contributed by atoms with E-state index in [-0.39, 0.29) is 23.6 Å². The van der Waals surface area contributed by atoms with Gasteiger partial charge in [-0.1, -0.05) is 67.8 Å². The molecule has 39 heavy (non-hydrogen) atoms. The Morgan fingerprint density at radius 3 is 1.05 bits per heavy atom. The molecule has 4 nitrogen and oxygen atoms in total. The molecule has 0 amide bonds. The number of hydrogen-bond acceptors (Lipinski definition) is 4. The van der Waals surface area contributed by atoms with Gasteiger partial charge < -0.3 is 9.47 Å².